The molecule has 120 valence electrons. The summed E-state index contributed by atoms with van der Waals surface area (Å²) in [5.41, 5.74) is 7.69. The highest BCUT2D eigenvalue weighted by Gasteiger charge is 2.03. The molecule has 0 heterocycles. The van der Waals surface area contributed by atoms with E-state index in [9.17, 15) is 0 Å². The number of nitrogens with zero attached hydrogens (tertiary/aromatic N) is 1. The molecule has 1 aromatic rings. The minimum Gasteiger partial charge on any atom is -0.493 e. The van der Waals surface area contributed by atoms with Gasteiger partial charge in [0.15, 0.2) is 0 Å². The van der Waals surface area contributed by atoms with Crippen LogP contribution in [0.4, 0.5) is 11.4 Å². The molecule has 1 aromatic carbocycles. The normalized spacial score (nSPS) is 11.1. The molecule has 1 rings (SSSR count). The lowest BCUT2D eigenvalue weighted by molar-refractivity contribution is 0.269. The van der Waals surface area contributed by atoms with Crippen molar-refractivity contribution in [1.82, 2.24) is 4.90 Å². The van der Waals surface area contributed by atoms with E-state index in [0.29, 0.717) is 6.04 Å². The van der Waals surface area contributed by atoms with Gasteiger partial charge in [-0.15, -0.1) is 0 Å². The molecule has 21 heavy (non-hydrogen) atoms. The number of anilines is 2. The second-order valence-electron chi connectivity index (χ2n) is 5.85. The van der Waals surface area contributed by atoms with Crippen LogP contribution < -0.4 is 15.8 Å². The first-order chi connectivity index (χ1) is 10.0. The fraction of sp³-hybridized carbons (Fsp3) is 0.647. The highest BCUT2D eigenvalue weighted by molar-refractivity contribution is 5.59. The van der Waals surface area contributed by atoms with Crippen molar-refractivity contribution in [1.29, 1.82) is 0 Å². The molecule has 4 heteroatoms. The van der Waals surface area contributed by atoms with E-state index < -0.39 is 0 Å². The molecule has 0 saturated heterocycles. The van der Waals surface area contributed by atoms with E-state index >= 15 is 0 Å². The zero-order valence-corrected chi connectivity index (χ0v) is 14.0. The molecule has 0 unspecified atom stereocenters. The molecule has 0 atom stereocenters. The average Bonchev–Trinajstić information content (AvgIpc) is 2.43. The van der Waals surface area contributed by atoms with Crippen LogP contribution in [0.3, 0.4) is 0 Å². The first kappa shape index (κ1) is 17.6. The van der Waals surface area contributed by atoms with Crippen molar-refractivity contribution in [2.75, 3.05) is 37.8 Å². The van der Waals surface area contributed by atoms with E-state index in [1.165, 1.54) is 6.42 Å². The van der Waals surface area contributed by atoms with Crippen LogP contribution >= 0.6 is 0 Å². The zero-order chi connectivity index (χ0) is 15.7. The Morgan fingerprint density at radius 2 is 2.00 bits per heavy atom. The fourth-order valence-corrected chi connectivity index (χ4v) is 2.00. The van der Waals surface area contributed by atoms with Crippen LogP contribution in [0.2, 0.25) is 0 Å². The number of benzene rings is 1. The molecule has 0 fully saturated rings. The fourth-order valence-electron chi connectivity index (χ4n) is 2.00. The first-order valence-electron chi connectivity index (χ1n) is 8.00. The van der Waals surface area contributed by atoms with Gasteiger partial charge in [-0.3, -0.25) is 0 Å². The molecular formula is C17H31N3O. The van der Waals surface area contributed by atoms with Gasteiger partial charge in [-0.25, -0.2) is 0 Å². The third-order valence-corrected chi connectivity index (χ3v) is 3.55. The average molecular weight is 293 g/mol. The molecule has 0 radical (unpaired) electrons. The van der Waals surface area contributed by atoms with Crippen molar-refractivity contribution < 1.29 is 4.74 Å². The van der Waals surface area contributed by atoms with Crippen LogP contribution in [-0.2, 0) is 0 Å². The lowest BCUT2D eigenvalue weighted by atomic mass is 10.2. The number of nitrogens with one attached hydrogen (secondary N) is 1. The molecule has 0 saturated carbocycles. The lowest BCUT2D eigenvalue weighted by Gasteiger charge is -2.20. The molecule has 0 aliphatic carbocycles. The number of ether oxygens (including phenoxy) is 1. The number of nitrogen functional groups attached to an aromatic ring is 1. The third-order valence-electron chi connectivity index (χ3n) is 3.55. The number of unbranched alkanes of at least 4 members (excludes halogenated alkanes) is 1. The van der Waals surface area contributed by atoms with Crippen LogP contribution in [-0.4, -0.2) is 37.7 Å². The van der Waals surface area contributed by atoms with Gasteiger partial charge in [0, 0.05) is 36.1 Å². The maximum atomic E-state index is 5.91. The Balaban J connectivity index is 2.33. The Kier molecular flexibility index (Phi) is 7.98. The Bertz CT molecular complexity index is 407. The third kappa shape index (κ3) is 7.23. The van der Waals surface area contributed by atoms with Gasteiger partial charge in [-0.2, -0.15) is 0 Å². The molecule has 0 aliphatic heterocycles. The Morgan fingerprint density at radius 1 is 1.24 bits per heavy atom. The predicted octanol–water partition coefficient (Wildman–Crippen LogP) is 3.59. The van der Waals surface area contributed by atoms with Crippen LogP contribution in [0.1, 0.15) is 40.0 Å². The van der Waals surface area contributed by atoms with Crippen LogP contribution in [0.15, 0.2) is 18.2 Å². The summed E-state index contributed by atoms with van der Waals surface area (Å²) in [6.45, 7) is 9.37. The minimum absolute atomic E-state index is 0.616. The van der Waals surface area contributed by atoms with E-state index in [0.717, 1.165) is 49.7 Å². The molecule has 0 aromatic heterocycles. The summed E-state index contributed by atoms with van der Waals surface area (Å²) in [6.07, 6.45) is 3.35. The van der Waals surface area contributed by atoms with Gasteiger partial charge in [-0.1, -0.05) is 6.92 Å². The minimum atomic E-state index is 0.616. The van der Waals surface area contributed by atoms with Gasteiger partial charge >= 0.3 is 0 Å². The van der Waals surface area contributed by atoms with Gasteiger partial charge in [0.2, 0.25) is 0 Å². The SMILES string of the molecule is CCCOc1cc(N)cc(NCCCCN(C)C(C)C)c1. The van der Waals surface area contributed by atoms with Crippen molar-refractivity contribution in [2.24, 2.45) is 0 Å². The van der Waals surface area contributed by atoms with Gasteiger partial charge in [0.1, 0.15) is 5.75 Å². The predicted molar refractivity (Wildman–Crippen MR) is 92.1 cm³/mol. The molecule has 0 amide bonds. The van der Waals surface area contributed by atoms with Gasteiger partial charge < -0.3 is 20.7 Å². The highest BCUT2D eigenvalue weighted by Crippen LogP contribution is 2.22. The maximum Gasteiger partial charge on any atom is 0.123 e. The van der Waals surface area contributed by atoms with E-state index in [1.54, 1.807) is 0 Å². The lowest BCUT2D eigenvalue weighted by Crippen LogP contribution is -2.27. The number of hydrogen-bond donors (Lipinski definition) is 2. The van der Waals surface area contributed by atoms with Crippen molar-refractivity contribution >= 4 is 11.4 Å². The number of nitrogens with two attached hydrogens (primary N) is 1. The van der Waals surface area contributed by atoms with E-state index in [-0.39, 0.29) is 0 Å². The molecule has 0 spiro atoms. The second-order valence-corrected chi connectivity index (χ2v) is 5.85. The van der Waals surface area contributed by atoms with Gasteiger partial charge in [0.05, 0.1) is 6.61 Å². The van der Waals surface area contributed by atoms with Crippen LogP contribution in [0.5, 0.6) is 5.75 Å². The summed E-state index contributed by atoms with van der Waals surface area (Å²) in [5, 5.41) is 3.43. The maximum absolute atomic E-state index is 5.91. The quantitative estimate of drug-likeness (QED) is 0.511. The van der Waals surface area contributed by atoms with Crippen LogP contribution in [0.25, 0.3) is 0 Å². The van der Waals surface area contributed by atoms with E-state index in [1.807, 2.05) is 18.2 Å². The summed E-state index contributed by atoms with van der Waals surface area (Å²) < 4.78 is 5.64. The van der Waals surface area contributed by atoms with Crippen molar-refractivity contribution in [3.05, 3.63) is 18.2 Å². The van der Waals surface area contributed by atoms with E-state index in [2.05, 4.69) is 38.0 Å². The molecule has 0 bridgehead atoms. The smallest absolute Gasteiger partial charge is 0.123 e. The zero-order valence-electron chi connectivity index (χ0n) is 14.0. The monoisotopic (exact) mass is 293 g/mol. The largest absolute Gasteiger partial charge is 0.493 e. The standard InChI is InChI=1S/C17H31N3O/c1-5-10-21-17-12-15(18)11-16(13-17)19-8-6-7-9-20(4)14(2)3/h11-14,19H,5-10,18H2,1-4H3. The topological polar surface area (TPSA) is 50.5 Å². The summed E-state index contributed by atoms with van der Waals surface area (Å²) in [6, 6.07) is 6.47. The summed E-state index contributed by atoms with van der Waals surface area (Å²) in [7, 11) is 2.17. The second kappa shape index (κ2) is 9.50. The molecule has 0 aliphatic rings. The summed E-state index contributed by atoms with van der Waals surface area (Å²) in [4.78, 5) is 2.37. The molecular weight excluding hydrogens is 262 g/mol. The van der Waals surface area contributed by atoms with Crippen LogP contribution in [0, 0.1) is 0 Å². The van der Waals surface area contributed by atoms with Crippen molar-refractivity contribution in [3.8, 4) is 5.75 Å². The summed E-state index contributed by atoms with van der Waals surface area (Å²) >= 11 is 0. The highest BCUT2D eigenvalue weighted by atomic mass is 16.5. The summed E-state index contributed by atoms with van der Waals surface area (Å²) in [5.74, 6) is 0.846. The Labute approximate surface area is 129 Å². The van der Waals surface area contributed by atoms with Crippen molar-refractivity contribution in [3.63, 3.8) is 0 Å². The van der Waals surface area contributed by atoms with Gasteiger partial charge in [-0.05, 0) is 52.8 Å². The molecule has 4 nitrogen and oxygen atoms in total. The molecule has 3 N–H and O–H groups in total. The Hall–Kier alpha value is -1.42. The number of rotatable bonds is 10. The van der Waals surface area contributed by atoms with Gasteiger partial charge in [0.25, 0.3) is 0 Å². The first-order valence-corrected chi connectivity index (χ1v) is 8.00. The van der Waals surface area contributed by atoms with Crippen molar-refractivity contribution in [2.45, 2.75) is 46.1 Å². The van der Waals surface area contributed by atoms with E-state index in [4.69, 9.17) is 10.5 Å². The number of hydrogen-bond acceptors (Lipinski definition) is 4. The Morgan fingerprint density at radius 3 is 2.67 bits per heavy atom.